The zero-order valence-corrected chi connectivity index (χ0v) is 12.7. The lowest BCUT2D eigenvalue weighted by atomic mass is 10.1. The summed E-state index contributed by atoms with van der Waals surface area (Å²) in [4.78, 5) is 11.9. The number of aromatic nitrogens is 2. The average Bonchev–Trinajstić information content (AvgIpc) is 3.09. The Morgan fingerprint density at radius 2 is 1.68 bits per heavy atom. The number of ether oxygens (including phenoxy) is 1. The van der Waals surface area contributed by atoms with Crippen LogP contribution in [0.25, 0.3) is 11.5 Å². The molecule has 0 radical (unpaired) electrons. The van der Waals surface area contributed by atoms with Crippen LogP contribution in [0.4, 0.5) is 13.2 Å². The molecule has 5 nitrogen and oxygen atoms in total. The predicted molar refractivity (Wildman–Crippen MR) is 80.3 cm³/mol. The number of hydrogen-bond acceptors (Lipinski definition) is 5. The maximum absolute atomic E-state index is 12.5. The van der Waals surface area contributed by atoms with Crippen molar-refractivity contribution in [2.24, 2.45) is 0 Å². The van der Waals surface area contributed by atoms with E-state index in [1.54, 1.807) is 12.1 Å². The molecule has 0 unspecified atom stereocenters. The molecular formula is C17H11F3N2O3. The second-order valence-electron chi connectivity index (χ2n) is 5.02. The number of alkyl halides is 3. The number of esters is 1. The third-order valence-electron chi connectivity index (χ3n) is 3.26. The monoisotopic (exact) mass is 348 g/mol. The first-order chi connectivity index (χ1) is 11.9. The van der Waals surface area contributed by atoms with Gasteiger partial charge in [-0.15, -0.1) is 10.2 Å². The van der Waals surface area contributed by atoms with Gasteiger partial charge in [0.2, 0.25) is 5.89 Å². The van der Waals surface area contributed by atoms with Gasteiger partial charge in [0.05, 0.1) is 11.1 Å². The molecule has 25 heavy (non-hydrogen) atoms. The average molecular weight is 348 g/mol. The molecule has 8 heteroatoms. The predicted octanol–water partition coefficient (Wildman–Crippen LogP) is 4.11. The van der Waals surface area contributed by atoms with E-state index in [1.807, 2.05) is 18.2 Å². The quantitative estimate of drug-likeness (QED) is 0.664. The molecule has 0 spiro atoms. The molecule has 0 N–H and O–H groups in total. The Bertz CT molecular complexity index is 859. The molecule has 1 heterocycles. The summed E-state index contributed by atoms with van der Waals surface area (Å²) >= 11 is 0. The standard InChI is InChI=1S/C17H11F3N2O3/c18-17(19,20)13-8-6-12(7-9-13)16(23)24-10-14-21-22-15(25-14)11-4-2-1-3-5-11/h1-9H,10H2. The van der Waals surface area contributed by atoms with Crippen molar-refractivity contribution in [1.82, 2.24) is 10.2 Å². The second-order valence-corrected chi connectivity index (χ2v) is 5.02. The SMILES string of the molecule is O=C(OCc1nnc(-c2ccccc2)o1)c1ccc(C(F)(F)F)cc1. The van der Waals surface area contributed by atoms with Crippen molar-refractivity contribution < 1.29 is 27.1 Å². The minimum atomic E-state index is -4.46. The van der Waals surface area contributed by atoms with Crippen LogP contribution >= 0.6 is 0 Å². The largest absolute Gasteiger partial charge is 0.452 e. The number of benzene rings is 2. The molecule has 3 aromatic rings. The van der Waals surface area contributed by atoms with Crippen LogP contribution in [0.15, 0.2) is 59.0 Å². The van der Waals surface area contributed by atoms with Gasteiger partial charge >= 0.3 is 12.1 Å². The Labute approximate surface area is 140 Å². The van der Waals surface area contributed by atoms with Gasteiger partial charge in [0.25, 0.3) is 5.89 Å². The van der Waals surface area contributed by atoms with E-state index in [-0.39, 0.29) is 24.0 Å². The minimum Gasteiger partial charge on any atom is -0.452 e. The second kappa shape index (κ2) is 6.76. The molecule has 1 aromatic heterocycles. The van der Waals surface area contributed by atoms with E-state index >= 15 is 0 Å². The highest BCUT2D eigenvalue weighted by molar-refractivity contribution is 5.89. The summed E-state index contributed by atoms with van der Waals surface area (Å²) in [7, 11) is 0. The molecule has 0 atom stereocenters. The molecule has 0 saturated heterocycles. The van der Waals surface area contributed by atoms with Crippen LogP contribution in [-0.2, 0) is 17.5 Å². The molecule has 3 rings (SSSR count). The highest BCUT2D eigenvalue weighted by Crippen LogP contribution is 2.29. The van der Waals surface area contributed by atoms with E-state index in [0.29, 0.717) is 0 Å². The first kappa shape index (κ1) is 16.7. The summed E-state index contributed by atoms with van der Waals surface area (Å²) in [6.07, 6.45) is -4.46. The van der Waals surface area contributed by atoms with Gasteiger partial charge in [-0.05, 0) is 36.4 Å². The summed E-state index contributed by atoms with van der Waals surface area (Å²) in [5, 5.41) is 7.60. The smallest absolute Gasteiger partial charge is 0.416 e. The van der Waals surface area contributed by atoms with E-state index in [4.69, 9.17) is 9.15 Å². The molecule has 0 bridgehead atoms. The third kappa shape index (κ3) is 4.03. The van der Waals surface area contributed by atoms with Crippen LogP contribution in [0.3, 0.4) is 0 Å². The fourth-order valence-electron chi connectivity index (χ4n) is 2.02. The number of hydrogen-bond donors (Lipinski definition) is 0. The van der Waals surface area contributed by atoms with E-state index in [2.05, 4.69) is 10.2 Å². The summed E-state index contributed by atoms with van der Waals surface area (Å²) in [5.41, 5.74) is -0.125. The highest BCUT2D eigenvalue weighted by Gasteiger charge is 2.30. The van der Waals surface area contributed by atoms with Crippen molar-refractivity contribution >= 4 is 5.97 Å². The third-order valence-corrected chi connectivity index (χ3v) is 3.26. The van der Waals surface area contributed by atoms with Gasteiger partial charge in [0.1, 0.15) is 0 Å². The molecular weight excluding hydrogens is 337 g/mol. The lowest BCUT2D eigenvalue weighted by Crippen LogP contribution is -2.08. The topological polar surface area (TPSA) is 65.2 Å². The summed E-state index contributed by atoms with van der Waals surface area (Å²) in [6, 6.07) is 12.8. The van der Waals surface area contributed by atoms with Crippen molar-refractivity contribution in [3.63, 3.8) is 0 Å². The van der Waals surface area contributed by atoms with E-state index in [9.17, 15) is 18.0 Å². The van der Waals surface area contributed by atoms with E-state index in [1.165, 1.54) is 0 Å². The maximum Gasteiger partial charge on any atom is 0.416 e. The van der Waals surface area contributed by atoms with Crippen LogP contribution in [0, 0.1) is 0 Å². The number of carbonyl (C=O) groups is 1. The first-order valence-corrected chi connectivity index (χ1v) is 7.15. The zero-order chi connectivity index (χ0) is 17.9. The fourth-order valence-corrected chi connectivity index (χ4v) is 2.02. The first-order valence-electron chi connectivity index (χ1n) is 7.15. The lowest BCUT2D eigenvalue weighted by Gasteiger charge is -2.07. The molecule has 128 valence electrons. The number of nitrogens with zero attached hydrogens (tertiary/aromatic N) is 2. The van der Waals surface area contributed by atoms with Crippen molar-refractivity contribution in [3.05, 3.63) is 71.6 Å². The number of rotatable bonds is 4. The van der Waals surface area contributed by atoms with Crippen molar-refractivity contribution in [1.29, 1.82) is 0 Å². The van der Waals surface area contributed by atoms with Crippen molar-refractivity contribution in [2.75, 3.05) is 0 Å². The Morgan fingerprint density at radius 3 is 2.32 bits per heavy atom. The van der Waals surface area contributed by atoms with Gasteiger partial charge in [-0.25, -0.2) is 4.79 Å². The maximum atomic E-state index is 12.5. The van der Waals surface area contributed by atoms with Gasteiger partial charge in [0.15, 0.2) is 6.61 Å². The van der Waals surface area contributed by atoms with E-state index in [0.717, 1.165) is 29.8 Å². The molecule has 0 amide bonds. The van der Waals surface area contributed by atoms with Gasteiger partial charge in [-0.3, -0.25) is 0 Å². The Hall–Kier alpha value is -3.16. The summed E-state index contributed by atoms with van der Waals surface area (Å²) < 4.78 is 47.8. The van der Waals surface area contributed by atoms with Gasteiger partial charge in [-0.1, -0.05) is 18.2 Å². The zero-order valence-electron chi connectivity index (χ0n) is 12.7. The van der Waals surface area contributed by atoms with E-state index < -0.39 is 17.7 Å². The van der Waals surface area contributed by atoms with Crippen molar-refractivity contribution in [3.8, 4) is 11.5 Å². The number of carbonyl (C=O) groups excluding carboxylic acids is 1. The molecule has 0 aliphatic carbocycles. The van der Waals surface area contributed by atoms with Crippen molar-refractivity contribution in [2.45, 2.75) is 12.8 Å². The van der Waals surface area contributed by atoms with Crippen LogP contribution in [-0.4, -0.2) is 16.2 Å². The molecule has 0 fully saturated rings. The minimum absolute atomic E-state index is 0.00389. The Balaban J connectivity index is 1.62. The molecule has 0 saturated carbocycles. The Kier molecular flexibility index (Phi) is 4.51. The molecule has 0 aliphatic heterocycles. The van der Waals surface area contributed by atoms with Crippen LogP contribution in [0.2, 0.25) is 0 Å². The Morgan fingerprint density at radius 1 is 1.00 bits per heavy atom. The van der Waals surface area contributed by atoms with Gasteiger partial charge in [0, 0.05) is 5.56 Å². The van der Waals surface area contributed by atoms with Crippen LogP contribution in [0.5, 0.6) is 0 Å². The number of halogens is 3. The van der Waals surface area contributed by atoms with Gasteiger partial charge < -0.3 is 9.15 Å². The molecule has 2 aromatic carbocycles. The highest BCUT2D eigenvalue weighted by atomic mass is 19.4. The van der Waals surface area contributed by atoms with Crippen LogP contribution in [0.1, 0.15) is 21.8 Å². The van der Waals surface area contributed by atoms with Crippen LogP contribution < -0.4 is 0 Å². The fraction of sp³-hybridized carbons (Fsp3) is 0.118. The molecule has 0 aliphatic rings. The summed E-state index contributed by atoms with van der Waals surface area (Å²) in [6.45, 7) is -0.278. The summed E-state index contributed by atoms with van der Waals surface area (Å²) in [5.74, 6) is -0.423. The lowest BCUT2D eigenvalue weighted by molar-refractivity contribution is -0.137. The van der Waals surface area contributed by atoms with Gasteiger partial charge in [-0.2, -0.15) is 13.2 Å². The normalized spacial score (nSPS) is 11.3.